The van der Waals surface area contributed by atoms with Crippen LogP contribution in [0.3, 0.4) is 0 Å². The molecule has 0 amide bonds. The van der Waals surface area contributed by atoms with Crippen molar-refractivity contribution in [2.45, 2.75) is 19.8 Å². The number of fused-ring (bicyclic) bond motifs is 1. The first-order chi connectivity index (χ1) is 10.4. The Morgan fingerprint density at radius 1 is 1.41 bits per heavy atom. The molecular weight excluding hydrogens is 358 g/mol. The lowest BCUT2D eigenvalue weighted by atomic mass is 10.1. The van der Waals surface area contributed by atoms with Gasteiger partial charge in [0, 0.05) is 15.9 Å². The van der Waals surface area contributed by atoms with Crippen molar-refractivity contribution in [2.24, 2.45) is 0 Å². The van der Waals surface area contributed by atoms with Gasteiger partial charge in [-0.2, -0.15) is 0 Å². The molecule has 2 aromatic rings. The van der Waals surface area contributed by atoms with Gasteiger partial charge in [-0.1, -0.05) is 29.3 Å². The van der Waals surface area contributed by atoms with Crippen molar-refractivity contribution in [1.82, 2.24) is 0 Å². The van der Waals surface area contributed by atoms with Crippen molar-refractivity contribution < 1.29 is 18.9 Å². The molecule has 0 saturated carbocycles. The highest BCUT2D eigenvalue weighted by Gasteiger charge is 2.21. The second-order valence-corrected chi connectivity index (χ2v) is 5.45. The Bertz CT molecular complexity index is 798. The first-order valence-electron chi connectivity index (χ1n) is 6.53. The molecule has 1 aromatic carbocycles. The first kappa shape index (κ1) is 16.2. The summed E-state index contributed by atoms with van der Waals surface area (Å²) in [6.45, 7) is 2.14. The Hall–Kier alpha value is -2.22. The number of carbonyl (C=O) groups excluding carboxylic acids is 1. The largest absolute Gasteiger partial charge is 0.462 e. The Balaban J connectivity index is 2.51. The van der Waals surface area contributed by atoms with Gasteiger partial charge in [-0.15, -0.1) is 0 Å². The smallest absolute Gasteiger partial charge is 0.351 e. The molecule has 7 nitrogen and oxygen atoms in total. The lowest BCUT2D eigenvalue weighted by molar-refractivity contribution is -0.383. The van der Waals surface area contributed by atoms with Crippen molar-refractivity contribution in [3.05, 3.63) is 48.8 Å². The van der Waals surface area contributed by atoms with Gasteiger partial charge in [0.05, 0.1) is 11.5 Å². The number of rotatable bonds is 5. The van der Waals surface area contributed by atoms with Crippen molar-refractivity contribution in [2.75, 3.05) is 6.61 Å². The summed E-state index contributed by atoms with van der Waals surface area (Å²) in [5.74, 6) is -0.799. The van der Waals surface area contributed by atoms with Gasteiger partial charge >= 0.3 is 17.3 Å². The number of hydrogen-bond acceptors (Lipinski definition) is 6. The van der Waals surface area contributed by atoms with E-state index in [0.717, 1.165) is 6.42 Å². The lowest BCUT2D eigenvalue weighted by Gasteiger charge is -2.04. The number of halogens is 1. The number of esters is 1. The number of non-ortho nitro benzene ring substituents is 1. The van der Waals surface area contributed by atoms with Gasteiger partial charge in [0.1, 0.15) is 5.56 Å². The number of nitro groups is 1. The monoisotopic (exact) mass is 369 g/mol. The number of ether oxygens (including phenoxy) is 1. The molecule has 8 heteroatoms. The number of unbranched alkanes of at least 4 members (excludes halogenated alkanes) is 1. The second kappa shape index (κ2) is 6.69. The van der Waals surface area contributed by atoms with Crippen molar-refractivity contribution >= 4 is 38.6 Å². The summed E-state index contributed by atoms with van der Waals surface area (Å²) in [4.78, 5) is 34.1. The molecule has 1 aromatic heterocycles. The fourth-order valence-corrected chi connectivity index (χ4v) is 2.31. The number of nitro benzene ring substituents is 1. The van der Waals surface area contributed by atoms with Crippen molar-refractivity contribution in [3.8, 4) is 0 Å². The third kappa shape index (κ3) is 3.33. The maximum Gasteiger partial charge on any atom is 0.351 e. The zero-order chi connectivity index (χ0) is 16.3. The van der Waals surface area contributed by atoms with E-state index in [-0.39, 0.29) is 28.8 Å². The quantitative estimate of drug-likeness (QED) is 0.263. The summed E-state index contributed by atoms with van der Waals surface area (Å²) in [7, 11) is 0. The molecule has 0 atom stereocenters. The average Bonchev–Trinajstić information content (AvgIpc) is 2.46. The Morgan fingerprint density at radius 2 is 2.14 bits per heavy atom. The zero-order valence-electron chi connectivity index (χ0n) is 11.6. The van der Waals surface area contributed by atoms with Crippen LogP contribution in [-0.2, 0) is 4.74 Å². The highest BCUT2D eigenvalue weighted by atomic mass is 79.9. The van der Waals surface area contributed by atoms with E-state index in [0.29, 0.717) is 10.9 Å². The molecule has 116 valence electrons. The molecule has 0 bridgehead atoms. The molecular formula is C14H12BrNO6. The van der Waals surface area contributed by atoms with E-state index in [1.165, 1.54) is 18.2 Å². The van der Waals surface area contributed by atoms with Crippen LogP contribution in [0.15, 0.2) is 31.9 Å². The molecule has 0 radical (unpaired) electrons. The number of hydrogen-bond donors (Lipinski definition) is 0. The molecule has 0 aliphatic rings. The SMILES string of the molecule is CCCCOC(=O)c1cc2cc(Br)cc([N+](=O)[O-])c2oc1=O. The predicted octanol–water partition coefficient (Wildman–Crippen LogP) is 3.42. The number of benzene rings is 1. The molecule has 0 spiro atoms. The third-order valence-corrected chi connectivity index (χ3v) is 3.38. The standard InChI is InChI=1S/C14H12BrNO6/c1-2-3-4-21-13(17)10-6-8-5-9(15)7-11(16(19)20)12(8)22-14(10)18/h5-7H,2-4H2,1H3. The van der Waals surface area contributed by atoms with E-state index in [1.54, 1.807) is 0 Å². The van der Waals surface area contributed by atoms with E-state index in [2.05, 4.69) is 15.9 Å². The minimum Gasteiger partial charge on any atom is -0.462 e. The number of carbonyl (C=O) groups is 1. The van der Waals surface area contributed by atoms with Crippen LogP contribution in [0, 0.1) is 10.1 Å². The normalized spacial score (nSPS) is 10.6. The maximum atomic E-state index is 11.9. The predicted molar refractivity (Wildman–Crippen MR) is 82.0 cm³/mol. The van der Waals surface area contributed by atoms with Gasteiger partial charge in [0.15, 0.2) is 0 Å². The van der Waals surface area contributed by atoms with Gasteiger partial charge in [-0.3, -0.25) is 10.1 Å². The molecule has 0 aliphatic carbocycles. The Kier molecular flexibility index (Phi) is 4.92. The summed E-state index contributed by atoms with van der Waals surface area (Å²) in [6, 6.07) is 3.99. The van der Waals surface area contributed by atoms with Crippen LogP contribution < -0.4 is 5.63 Å². The fourth-order valence-electron chi connectivity index (χ4n) is 1.85. The van der Waals surface area contributed by atoms with E-state index in [4.69, 9.17) is 9.15 Å². The highest BCUT2D eigenvalue weighted by molar-refractivity contribution is 9.10. The lowest BCUT2D eigenvalue weighted by Crippen LogP contribution is -2.17. The molecule has 0 aliphatic heterocycles. The Labute approximate surface area is 133 Å². The minimum absolute atomic E-state index is 0.177. The molecule has 22 heavy (non-hydrogen) atoms. The van der Waals surface area contributed by atoms with Gasteiger partial charge in [0.2, 0.25) is 5.58 Å². The minimum atomic E-state index is -0.959. The first-order valence-corrected chi connectivity index (χ1v) is 7.32. The summed E-state index contributed by atoms with van der Waals surface area (Å²) in [5, 5.41) is 11.3. The van der Waals surface area contributed by atoms with Crippen LogP contribution in [-0.4, -0.2) is 17.5 Å². The van der Waals surface area contributed by atoms with Crippen LogP contribution in [0.5, 0.6) is 0 Å². The summed E-state index contributed by atoms with van der Waals surface area (Å²) in [6.07, 6.45) is 1.53. The molecule has 2 rings (SSSR count). The van der Waals surface area contributed by atoms with Crippen molar-refractivity contribution in [1.29, 1.82) is 0 Å². The summed E-state index contributed by atoms with van der Waals surface area (Å²) < 4.78 is 10.3. The molecule has 0 N–H and O–H groups in total. The summed E-state index contributed by atoms with van der Waals surface area (Å²) >= 11 is 3.14. The van der Waals surface area contributed by atoms with Crippen LogP contribution in [0.2, 0.25) is 0 Å². The van der Waals surface area contributed by atoms with Crippen LogP contribution in [0.25, 0.3) is 11.0 Å². The molecule has 0 saturated heterocycles. The molecule has 1 heterocycles. The summed E-state index contributed by atoms with van der Waals surface area (Å²) in [5.41, 5.74) is -1.77. The van der Waals surface area contributed by atoms with E-state index < -0.39 is 16.5 Å². The Morgan fingerprint density at radius 3 is 2.77 bits per heavy atom. The van der Waals surface area contributed by atoms with E-state index >= 15 is 0 Å². The van der Waals surface area contributed by atoms with Crippen molar-refractivity contribution in [3.63, 3.8) is 0 Å². The van der Waals surface area contributed by atoms with Gasteiger partial charge in [0.25, 0.3) is 0 Å². The van der Waals surface area contributed by atoms with E-state index in [9.17, 15) is 19.7 Å². The maximum absolute atomic E-state index is 11.9. The average molecular weight is 370 g/mol. The van der Waals surface area contributed by atoms with Crippen LogP contribution in [0.1, 0.15) is 30.1 Å². The van der Waals surface area contributed by atoms with Crippen LogP contribution in [0.4, 0.5) is 5.69 Å². The van der Waals surface area contributed by atoms with Gasteiger partial charge in [-0.25, -0.2) is 9.59 Å². The second-order valence-electron chi connectivity index (χ2n) is 4.54. The topological polar surface area (TPSA) is 99.7 Å². The third-order valence-electron chi connectivity index (χ3n) is 2.92. The fraction of sp³-hybridized carbons (Fsp3) is 0.286. The van der Waals surface area contributed by atoms with Gasteiger partial charge < -0.3 is 9.15 Å². The molecule has 0 fully saturated rings. The number of nitrogens with zero attached hydrogens (tertiary/aromatic N) is 1. The zero-order valence-corrected chi connectivity index (χ0v) is 13.2. The van der Waals surface area contributed by atoms with Gasteiger partial charge in [-0.05, 0) is 18.6 Å². The highest BCUT2D eigenvalue weighted by Crippen LogP contribution is 2.29. The van der Waals surface area contributed by atoms with Crippen LogP contribution >= 0.6 is 15.9 Å². The molecule has 0 unspecified atom stereocenters. The van der Waals surface area contributed by atoms with E-state index in [1.807, 2.05) is 6.92 Å².